The number of rotatable bonds is 1. The fourth-order valence-electron chi connectivity index (χ4n) is 1.71. The van der Waals surface area contributed by atoms with E-state index in [1.165, 1.54) is 0 Å². The Kier molecular flexibility index (Phi) is 4.60. The molecule has 3 aromatic rings. The van der Waals surface area contributed by atoms with Crippen LogP contribution in [0.3, 0.4) is 0 Å². The maximum absolute atomic E-state index is 8.61. The van der Waals surface area contributed by atoms with Crippen molar-refractivity contribution < 1.29 is 0 Å². The molecule has 3 nitrogen and oxygen atoms in total. The van der Waals surface area contributed by atoms with E-state index in [-0.39, 0.29) is 0 Å². The molecule has 0 aliphatic rings. The Morgan fingerprint density at radius 3 is 2.32 bits per heavy atom. The third kappa shape index (κ3) is 3.62. The van der Waals surface area contributed by atoms with Crippen LogP contribution in [0.15, 0.2) is 67.1 Å². The second-order valence-corrected chi connectivity index (χ2v) is 3.85. The summed E-state index contributed by atoms with van der Waals surface area (Å²) in [6.45, 7) is 0. The van der Waals surface area contributed by atoms with Crippen molar-refractivity contribution in [3.05, 3.63) is 72.7 Å². The lowest BCUT2D eigenvalue weighted by molar-refractivity contribution is 1.26. The van der Waals surface area contributed by atoms with Crippen LogP contribution in [0.2, 0.25) is 0 Å². The van der Waals surface area contributed by atoms with Crippen molar-refractivity contribution in [3.63, 3.8) is 0 Å². The molecule has 0 aliphatic heterocycles. The van der Waals surface area contributed by atoms with Gasteiger partial charge in [0.25, 0.3) is 0 Å². The molecular formula is C16H13N3. The fourth-order valence-corrected chi connectivity index (χ4v) is 1.71. The number of nitriles is 1. The van der Waals surface area contributed by atoms with E-state index in [2.05, 4.69) is 16.0 Å². The highest BCUT2D eigenvalue weighted by Gasteiger charge is 1.98. The summed E-state index contributed by atoms with van der Waals surface area (Å²) in [4.78, 5) is 8.00. The first-order valence-corrected chi connectivity index (χ1v) is 5.96. The summed E-state index contributed by atoms with van der Waals surface area (Å²) >= 11 is 0. The van der Waals surface area contributed by atoms with Crippen LogP contribution in [-0.4, -0.2) is 9.97 Å². The van der Waals surface area contributed by atoms with Crippen molar-refractivity contribution >= 4 is 10.9 Å². The third-order valence-electron chi connectivity index (χ3n) is 2.58. The first-order chi connectivity index (χ1) is 9.42. The standard InChI is InChI=1S/C11H8N2.C5H5N/c12-7-5-9-6-8-13-11-4-2-1-3-10(9)11;1-2-4-6-5-3-1/h1-4,6,8H,5H2;1-5H. The van der Waals surface area contributed by atoms with Gasteiger partial charge >= 0.3 is 0 Å². The number of pyridine rings is 2. The van der Waals surface area contributed by atoms with Gasteiger partial charge in [-0.2, -0.15) is 5.26 Å². The molecule has 0 aliphatic carbocycles. The molecule has 0 N–H and O–H groups in total. The first kappa shape index (κ1) is 12.7. The van der Waals surface area contributed by atoms with Gasteiger partial charge in [0.05, 0.1) is 18.0 Å². The zero-order chi connectivity index (χ0) is 13.3. The lowest BCUT2D eigenvalue weighted by Gasteiger charge is -2.00. The molecule has 0 amide bonds. The highest BCUT2D eigenvalue weighted by Crippen LogP contribution is 2.15. The van der Waals surface area contributed by atoms with E-state index < -0.39 is 0 Å². The number of hydrogen-bond donors (Lipinski definition) is 0. The highest BCUT2D eigenvalue weighted by atomic mass is 14.6. The second kappa shape index (κ2) is 6.87. The number of hydrogen-bond acceptors (Lipinski definition) is 3. The summed E-state index contributed by atoms with van der Waals surface area (Å²) in [5, 5.41) is 9.68. The third-order valence-corrected chi connectivity index (χ3v) is 2.58. The maximum Gasteiger partial charge on any atom is 0.0705 e. The summed E-state index contributed by atoms with van der Waals surface area (Å²) in [6.07, 6.45) is 5.69. The van der Waals surface area contributed by atoms with Gasteiger partial charge in [0.15, 0.2) is 0 Å². The molecule has 0 atom stereocenters. The van der Waals surface area contributed by atoms with Gasteiger partial charge in [-0.25, -0.2) is 0 Å². The Hall–Kier alpha value is -2.73. The molecule has 3 heteroatoms. The van der Waals surface area contributed by atoms with Gasteiger partial charge in [-0.05, 0) is 29.8 Å². The number of para-hydroxylation sites is 1. The van der Waals surface area contributed by atoms with Crippen LogP contribution in [0.1, 0.15) is 5.56 Å². The Bertz CT molecular complexity index is 640. The monoisotopic (exact) mass is 247 g/mol. The summed E-state index contributed by atoms with van der Waals surface area (Å²) < 4.78 is 0. The molecule has 2 heterocycles. The van der Waals surface area contributed by atoms with Gasteiger partial charge in [-0.3, -0.25) is 9.97 Å². The van der Waals surface area contributed by atoms with Crippen LogP contribution < -0.4 is 0 Å². The fraction of sp³-hybridized carbons (Fsp3) is 0.0625. The summed E-state index contributed by atoms with van der Waals surface area (Å²) in [6, 6.07) is 17.6. The van der Waals surface area contributed by atoms with Gasteiger partial charge in [0, 0.05) is 24.0 Å². The first-order valence-electron chi connectivity index (χ1n) is 5.96. The summed E-state index contributed by atoms with van der Waals surface area (Å²) in [5.41, 5.74) is 2.00. The van der Waals surface area contributed by atoms with E-state index in [1.807, 2.05) is 48.5 Å². The number of fused-ring (bicyclic) bond motifs is 1. The van der Waals surface area contributed by atoms with Gasteiger partial charge in [0.1, 0.15) is 0 Å². The molecule has 0 fully saturated rings. The van der Waals surface area contributed by atoms with E-state index in [0.29, 0.717) is 6.42 Å². The lowest BCUT2D eigenvalue weighted by Crippen LogP contribution is -1.86. The van der Waals surface area contributed by atoms with E-state index in [4.69, 9.17) is 5.26 Å². The zero-order valence-electron chi connectivity index (χ0n) is 10.4. The van der Waals surface area contributed by atoms with E-state index in [9.17, 15) is 0 Å². The molecular weight excluding hydrogens is 234 g/mol. The van der Waals surface area contributed by atoms with Crippen molar-refractivity contribution in [1.29, 1.82) is 5.26 Å². The van der Waals surface area contributed by atoms with Crippen molar-refractivity contribution in [2.24, 2.45) is 0 Å². The maximum atomic E-state index is 8.61. The minimum atomic E-state index is 0.447. The molecule has 19 heavy (non-hydrogen) atoms. The van der Waals surface area contributed by atoms with Gasteiger partial charge in [-0.15, -0.1) is 0 Å². The van der Waals surface area contributed by atoms with E-state index in [1.54, 1.807) is 18.6 Å². The predicted molar refractivity (Wildman–Crippen MR) is 75.3 cm³/mol. The molecule has 0 saturated carbocycles. The van der Waals surface area contributed by atoms with Crippen molar-refractivity contribution in [1.82, 2.24) is 9.97 Å². The number of nitrogens with zero attached hydrogens (tertiary/aromatic N) is 3. The summed E-state index contributed by atoms with van der Waals surface area (Å²) in [5.74, 6) is 0. The molecule has 92 valence electrons. The largest absolute Gasteiger partial charge is 0.265 e. The Balaban J connectivity index is 0.000000186. The lowest BCUT2D eigenvalue weighted by atomic mass is 10.1. The molecule has 0 spiro atoms. The van der Waals surface area contributed by atoms with Crippen LogP contribution >= 0.6 is 0 Å². The molecule has 3 rings (SSSR count). The van der Waals surface area contributed by atoms with Crippen LogP contribution in [0, 0.1) is 11.3 Å². The van der Waals surface area contributed by atoms with E-state index >= 15 is 0 Å². The average molecular weight is 247 g/mol. The Morgan fingerprint density at radius 2 is 1.68 bits per heavy atom. The minimum Gasteiger partial charge on any atom is -0.265 e. The van der Waals surface area contributed by atoms with Crippen LogP contribution in [0.25, 0.3) is 10.9 Å². The summed E-state index contributed by atoms with van der Waals surface area (Å²) in [7, 11) is 0. The smallest absolute Gasteiger partial charge is 0.0705 e. The van der Waals surface area contributed by atoms with Gasteiger partial charge in [0.2, 0.25) is 0 Å². The molecule has 0 saturated heterocycles. The molecule has 2 aromatic heterocycles. The normalized spacial score (nSPS) is 9.21. The van der Waals surface area contributed by atoms with Crippen molar-refractivity contribution in [3.8, 4) is 6.07 Å². The molecule has 0 radical (unpaired) electrons. The van der Waals surface area contributed by atoms with Crippen molar-refractivity contribution in [2.75, 3.05) is 0 Å². The Morgan fingerprint density at radius 1 is 0.895 bits per heavy atom. The minimum absolute atomic E-state index is 0.447. The van der Waals surface area contributed by atoms with Crippen LogP contribution in [0.5, 0.6) is 0 Å². The number of aromatic nitrogens is 2. The van der Waals surface area contributed by atoms with Crippen LogP contribution in [0.4, 0.5) is 0 Å². The topological polar surface area (TPSA) is 49.6 Å². The van der Waals surface area contributed by atoms with Crippen molar-refractivity contribution in [2.45, 2.75) is 6.42 Å². The predicted octanol–water partition coefficient (Wildman–Crippen LogP) is 3.38. The average Bonchev–Trinajstić information content (AvgIpc) is 2.50. The molecule has 1 aromatic carbocycles. The second-order valence-electron chi connectivity index (χ2n) is 3.85. The molecule has 0 unspecified atom stereocenters. The Labute approximate surface area is 112 Å². The van der Waals surface area contributed by atoms with Gasteiger partial charge in [-0.1, -0.05) is 24.3 Å². The molecule has 0 bridgehead atoms. The highest BCUT2D eigenvalue weighted by molar-refractivity contribution is 5.82. The SMILES string of the molecule is N#CCc1ccnc2ccccc12.c1ccncc1. The quantitative estimate of drug-likeness (QED) is 0.662. The van der Waals surface area contributed by atoms with E-state index in [0.717, 1.165) is 16.5 Å². The van der Waals surface area contributed by atoms with Gasteiger partial charge < -0.3 is 0 Å². The number of benzene rings is 1. The zero-order valence-corrected chi connectivity index (χ0v) is 10.4. The van der Waals surface area contributed by atoms with Crippen LogP contribution in [-0.2, 0) is 6.42 Å².